The van der Waals surface area contributed by atoms with E-state index in [-0.39, 0.29) is 37.6 Å². The van der Waals surface area contributed by atoms with Crippen molar-refractivity contribution in [2.45, 2.75) is 129 Å². The molecule has 0 bridgehead atoms. The van der Waals surface area contributed by atoms with Crippen molar-refractivity contribution in [1.82, 2.24) is 14.8 Å². The van der Waals surface area contributed by atoms with Gasteiger partial charge < -0.3 is 33.7 Å². The van der Waals surface area contributed by atoms with Crippen LogP contribution in [-0.2, 0) is 44.6 Å². The van der Waals surface area contributed by atoms with Gasteiger partial charge in [-0.15, -0.1) is 0 Å². The number of ketones is 2. The quantitative estimate of drug-likeness (QED) is 0.206. The second-order valence-corrected chi connectivity index (χ2v) is 16.5. The largest absolute Gasteiger partial charge is 0.459 e. The summed E-state index contributed by atoms with van der Waals surface area (Å²) in [6, 6.07) is 3.64. The monoisotopic (exact) mass is 743 g/mol. The number of fused-ring (bicyclic) bond motifs is 1. The number of aliphatic hydroxyl groups is 1. The first-order valence-corrected chi connectivity index (χ1v) is 19.3. The number of rotatable bonds is 10. The fourth-order valence-electron chi connectivity index (χ4n) is 8.97. The van der Waals surface area contributed by atoms with Crippen molar-refractivity contribution in [1.29, 1.82) is 0 Å². The van der Waals surface area contributed by atoms with Crippen LogP contribution in [0.15, 0.2) is 36.7 Å². The topological polar surface area (TPSA) is 137 Å². The molecule has 13 atom stereocenters. The van der Waals surface area contributed by atoms with Gasteiger partial charge >= 0.3 is 5.97 Å². The number of cyclic esters (lactones) is 1. The SMILES string of the molecule is C=C1CO[C@]2(C)[C@@H](CC)OC(=O)C(C)C(=O)[C@H](C)[C@@H](O[C@@H]3O[C@H](C)C[C@H](N(C)C)[C@H]3O)[C@](C)(OCCN(C)Cc3cccnc3)CC(C)C(=O)C(C)[C@H]12. The molecule has 298 valence electrons. The predicted molar refractivity (Wildman–Crippen MR) is 201 cm³/mol. The second-order valence-electron chi connectivity index (χ2n) is 16.5. The lowest BCUT2D eigenvalue weighted by atomic mass is 9.69. The third-order valence-electron chi connectivity index (χ3n) is 12.0. The van der Waals surface area contributed by atoms with E-state index in [1.807, 2.05) is 85.9 Å². The average Bonchev–Trinajstić information content (AvgIpc) is 3.42. The zero-order valence-corrected chi connectivity index (χ0v) is 33.9. The van der Waals surface area contributed by atoms with E-state index in [4.69, 9.17) is 23.7 Å². The van der Waals surface area contributed by atoms with Gasteiger partial charge in [-0.3, -0.25) is 24.3 Å². The first kappa shape index (κ1) is 43.2. The van der Waals surface area contributed by atoms with Gasteiger partial charge in [0, 0.05) is 55.2 Å². The number of carbonyl (C=O) groups is 3. The van der Waals surface area contributed by atoms with Crippen LogP contribution in [0.1, 0.15) is 80.2 Å². The number of nitrogens with zero attached hydrogens (tertiary/aromatic N) is 3. The summed E-state index contributed by atoms with van der Waals surface area (Å²) in [5, 5.41) is 11.6. The Labute approximate surface area is 316 Å². The number of hydrogen-bond donors (Lipinski definition) is 1. The summed E-state index contributed by atoms with van der Waals surface area (Å²) in [4.78, 5) is 51.1. The first-order valence-electron chi connectivity index (χ1n) is 19.3. The molecule has 1 aromatic rings. The van der Waals surface area contributed by atoms with E-state index in [0.29, 0.717) is 25.9 Å². The number of aromatic nitrogens is 1. The summed E-state index contributed by atoms with van der Waals surface area (Å²) in [5.41, 5.74) is -0.434. The molecular weight excluding hydrogens is 678 g/mol. The predicted octanol–water partition coefficient (Wildman–Crippen LogP) is 4.47. The minimum absolute atomic E-state index is 0.0176. The molecule has 3 aliphatic heterocycles. The van der Waals surface area contributed by atoms with Gasteiger partial charge in [0.15, 0.2) is 12.1 Å². The number of Topliss-reactive ketones (excluding diaryl/α,β-unsaturated/α-hetero) is 2. The molecule has 0 aromatic carbocycles. The first-order chi connectivity index (χ1) is 24.8. The third-order valence-corrected chi connectivity index (χ3v) is 12.0. The van der Waals surface area contributed by atoms with E-state index < -0.39 is 77.1 Å². The van der Waals surface area contributed by atoms with E-state index >= 15 is 0 Å². The Hall–Kier alpha value is -2.58. The summed E-state index contributed by atoms with van der Waals surface area (Å²) in [7, 11) is 5.78. The molecule has 53 heavy (non-hydrogen) atoms. The van der Waals surface area contributed by atoms with Crippen LogP contribution >= 0.6 is 0 Å². The highest BCUT2D eigenvalue weighted by atomic mass is 16.7. The third kappa shape index (κ3) is 9.63. The maximum absolute atomic E-state index is 14.5. The van der Waals surface area contributed by atoms with Crippen molar-refractivity contribution in [2.24, 2.45) is 29.6 Å². The van der Waals surface area contributed by atoms with E-state index in [1.165, 1.54) is 0 Å². The van der Waals surface area contributed by atoms with E-state index in [1.54, 1.807) is 20.0 Å². The molecule has 3 aliphatic rings. The summed E-state index contributed by atoms with van der Waals surface area (Å²) in [5.74, 6) is -4.63. The Balaban J connectivity index is 1.77. The highest BCUT2D eigenvalue weighted by Crippen LogP contribution is 2.46. The molecular formula is C41H65N3O9. The van der Waals surface area contributed by atoms with Gasteiger partial charge in [-0.2, -0.15) is 0 Å². The average molecular weight is 744 g/mol. The molecule has 0 radical (unpaired) electrons. The minimum Gasteiger partial charge on any atom is -0.459 e. The summed E-state index contributed by atoms with van der Waals surface area (Å²) in [6.07, 6.45) is 0.659. The van der Waals surface area contributed by atoms with Crippen LogP contribution in [0.4, 0.5) is 0 Å². The van der Waals surface area contributed by atoms with E-state index in [0.717, 1.165) is 11.1 Å². The fraction of sp³-hybridized carbons (Fsp3) is 0.756. The zero-order chi connectivity index (χ0) is 39.4. The summed E-state index contributed by atoms with van der Waals surface area (Å²) >= 11 is 0. The van der Waals surface area contributed by atoms with Gasteiger partial charge in [-0.25, -0.2) is 0 Å². The summed E-state index contributed by atoms with van der Waals surface area (Å²) < 4.78 is 32.3. The second kappa shape index (κ2) is 17.9. The normalized spacial score (nSPS) is 39.2. The number of hydrogen-bond acceptors (Lipinski definition) is 12. The van der Waals surface area contributed by atoms with Crippen molar-refractivity contribution < 1.29 is 43.2 Å². The van der Waals surface area contributed by atoms with Crippen LogP contribution in [0.5, 0.6) is 0 Å². The minimum atomic E-state index is -1.25. The smallest absolute Gasteiger partial charge is 0.316 e. The fourth-order valence-corrected chi connectivity index (χ4v) is 8.97. The van der Waals surface area contributed by atoms with Gasteiger partial charge in [0.2, 0.25) is 0 Å². The van der Waals surface area contributed by atoms with Crippen LogP contribution in [0.2, 0.25) is 0 Å². The Morgan fingerprint density at radius 3 is 2.38 bits per heavy atom. The Morgan fingerprint density at radius 1 is 1.06 bits per heavy atom. The molecule has 3 fully saturated rings. The Morgan fingerprint density at radius 2 is 1.75 bits per heavy atom. The van der Waals surface area contributed by atoms with Crippen molar-refractivity contribution in [3.05, 3.63) is 42.2 Å². The van der Waals surface area contributed by atoms with Gasteiger partial charge in [-0.1, -0.05) is 40.3 Å². The standard InChI is InChI=1S/C41H65N3O9/c1-13-32-41(9)33(25(3)23-50-41)27(5)34(45)24(2)20-40(8,49-18-17-44(12)22-30-15-14-16-42-21-30)37(28(6)35(46)29(7)38(48)52-32)53-39-36(47)31(43(10)11)19-26(4)51-39/h14-16,21,24,26-29,31-33,36-37,39,47H,3,13,17-20,22-23H2,1-2,4-12H3/t24?,26-,27?,28+,29?,31+,32-,33+,36-,37-,39+,40-,41-/m1/s1. The van der Waals surface area contributed by atoms with Crippen LogP contribution in [-0.4, -0.2) is 126 Å². The van der Waals surface area contributed by atoms with Crippen LogP contribution in [0.3, 0.4) is 0 Å². The molecule has 1 N–H and O–H groups in total. The number of ether oxygens (including phenoxy) is 5. The molecule has 3 unspecified atom stereocenters. The van der Waals surface area contributed by atoms with Crippen LogP contribution in [0.25, 0.3) is 0 Å². The number of carbonyl (C=O) groups excluding carboxylic acids is 3. The molecule has 0 saturated carbocycles. The van der Waals surface area contributed by atoms with Crippen LogP contribution < -0.4 is 0 Å². The van der Waals surface area contributed by atoms with Crippen molar-refractivity contribution in [3.63, 3.8) is 0 Å². The van der Waals surface area contributed by atoms with Gasteiger partial charge in [0.05, 0.1) is 31.0 Å². The van der Waals surface area contributed by atoms with Crippen LogP contribution in [0, 0.1) is 29.6 Å². The number of pyridine rings is 1. The molecule has 12 nitrogen and oxygen atoms in total. The molecule has 0 amide bonds. The lowest BCUT2D eigenvalue weighted by Gasteiger charge is -2.47. The lowest BCUT2D eigenvalue weighted by molar-refractivity contribution is -0.297. The number of aliphatic hydroxyl groups excluding tert-OH is 1. The number of esters is 1. The molecule has 0 spiro atoms. The Kier molecular flexibility index (Phi) is 14.6. The van der Waals surface area contributed by atoms with Gasteiger partial charge in [0.1, 0.15) is 29.5 Å². The zero-order valence-electron chi connectivity index (χ0n) is 33.9. The maximum atomic E-state index is 14.5. The van der Waals surface area contributed by atoms with Crippen molar-refractivity contribution in [2.75, 3.05) is 40.9 Å². The molecule has 12 heteroatoms. The highest BCUT2D eigenvalue weighted by molar-refractivity contribution is 6.00. The lowest BCUT2D eigenvalue weighted by Crippen LogP contribution is -2.59. The van der Waals surface area contributed by atoms with E-state index in [2.05, 4.69) is 16.5 Å². The molecule has 4 rings (SSSR count). The van der Waals surface area contributed by atoms with Crippen molar-refractivity contribution >= 4 is 17.5 Å². The maximum Gasteiger partial charge on any atom is 0.316 e. The highest BCUT2D eigenvalue weighted by Gasteiger charge is 2.55. The van der Waals surface area contributed by atoms with E-state index in [9.17, 15) is 19.5 Å². The number of likely N-dealkylation sites (N-methyl/N-ethyl adjacent to an activating group) is 2. The van der Waals surface area contributed by atoms with Gasteiger partial charge in [0.25, 0.3) is 0 Å². The molecule has 1 aromatic heterocycles. The Bertz CT molecular complexity index is 1430. The molecule has 4 heterocycles. The van der Waals surface area contributed by atoms with Crippen molar-refractivity contribution in [3.8, 4) is 0 Å². The summed E-state index contributed by atoms with van der Waals surface area (Å²) in [6.45, 7) is 20.6. The van der Waals surface area contributed by atoms with Gasteiger partial charge in [-0.05, 0) is 85.3 Å². The molecule has 0 aliphatic carbocycles. The molecule has 3 saturated heterocycles.